The monoisotopic (exact) mass is 399 g/mol. The predicted molar refractivity (Wildman–Crippen MR) is 108 cm³/mol. The van der Waals surface area contributed by atoms with E-state index in [1.165, 1.54) is 11.8 Å². The lowest BCUT2D eigenvalue weighted by molar-refractivity contribution is -0.133. The summed E-state index contributed by atoms with van der Waals surface area (Å²) in [5, 5.41) is 18.7. The highest BCUT2D eigenvalue weighted by atomic mass is 32.2. The fourth-order valence-corrected chi connectivity index (χ4v) is 5.76. The first-order valence-electron chi connectivity index (χ1n) is 9.14. The third kappa shape index (κ3) is 3.09. The normalized spacial score (nSPS) is 17.7. The minimum Gasteiger partial charge on any atom is -0.326 e. The van der Waals surface area contributed by atoms with E-state index in [1.807, 2.05) is 29.5 Å². The van der Waals surface area contributed by atoms with Gasteiger partial charge in [0.1, 0.15) is 5.54 Å². The predicted octanol–water partition coefficient (Wildman–Crippen LogP) is 4.11. The van der Waals surface area contributed by atoms with Gasteiger partial charge in [-0.05, 0) is 31.9 Å². The van der Waals surface area contributed by atoms with Gasteiger partial charge in [-0.3, -0.25) is 9.20 Å². The van der Waals surface area contributed by atoms with Crippen molar-refractivity contribution < 1.29 is 4.79 Å². The lowest BCUT2D eigenvalue weighted by Gasteiger charge is -2.40. The van der Waals surface area contributed by atoms with Gasteiger partial charge < -0.3 is 4.90 Å². The van der Waals surface area contributed by atoms with Crippen LogP contribution in [0.3, 0.4) is 0 Å². The van der Waals surface area contributed by atoms with Crippen molar-refractivity contribution in [3.05, 3.63) is 24.3 Å². The Kier molecular flexibility index (Phi) is 4.82. The summed E-state index contributed by atoms with van der Waals surface area (Å²) in [5.41, 5.74) is 0.387. The van der Waals surface area contributed by atoms with E-state index in [9.17, 15) is 10.1 Å². The number of para-hydroxylation sites is 1. The Morgan fingerprint density at radius 1 is 1.33 bits per heavy atom. The summed E-state index contributed by atoms with van der Waals surface area (Å²) < 4.78 is 3.15. The van der Waals surface area contributed by atoms with Crippen LogP contribution in [0.1, 0.15) is 39.0 Å². The summed E-state index contributed by atoms with van der Waals surface area (Å²) in [6, 6.07) is 10.5. The number of hydrogen-bond acceptors (Lipinski definition) is 6. The van der Waals surface area contributed by atoms with Gasteiger partial charge in [0.2, 0.25) is 10.9 Å². The minimum atomic E-state index is -0.667. The van der Waals surface area contributed by atoms with E-state index < -0.39 is 5.54 Å². The molecule has 1 aromatic carbocycles. The van der Waals surface area contributed by atoms with Gasteiger partial charge in [0.25, 0.3) is 0 Å². The van der Waals surface area contributed by atoms with Crippen molar-refractivity contribution in [1.82, 2.24) is 19.5 Å². The van der Waals surface area contributed by atoms with Crippen molar-refractivity contribution in [2.45, 2.75) is 55.0 Å². The molecule has 1 saturated carbocycles. The standard InChI is InChI=1S/C19H21N5OS2/c1-13(16(25)23(2)19(12-20)10-6-3-7-11-19)26-17-21-22-18-24(17)14-8-4-5-9-15(14)27-18/h4-5,8-9,13H,3,6-7,10-11H2,1-2H3/t13-/m0/s1. The molecular formula is C19H21N5OS2. The highest BCUT2D eigenvalue weighted by Gasteiger charge is 2.40. The Morgan fingerprint density at radius 3 is 2.81 bits per heavy atom. The van der Waals surface area contributed by atoms with Crippen LogP contribution in [0.25, 0.3) is 15.2 Å². The van der Waals surface area contributed by atoms with Crippen molar-refractivity contribution in [2.75, 3.05) is 7.05 Å². The second-order valence-corrected chi connectivity index (χ2v) is 9.35. The molecular weight excluding hydrogens is 378 g/mol. The molecule has 0 aliphatic heterocycles. The first kappa shape index (κ1) is 18.3. The summed E-state index contributed by atoms with van der Waals surface area (Å²) >= 11 is 2.99. The van der Waals surface area contributed by atoms with Crippen molar-refractivity contribution in [3.8, 4) is 6.07 Å². The summed E-state index contributed by atoms with van der Waals surface area (Å²) in [6.07, 6.45) is 4.65. The molecule has 27 heavy (non-hydrogen) atoms. The minimum absolute atomic E-state index is 0.0280. The van der Waals surface area contributed by atoms with Crippen LogP contribution in [0.4, 0.5) is 0 Å². The summed E-state index contributed by atoms with van der Waals surface area (Å²) in [5.74, 6) is -0.0280. The third-order valence-corrected chi connectivity index (χ3v) is 7.44. The van der Waals surface area contributed by atoms with Gasteiger partial charge in [-0.2, -0.15) is 5.26 Å². The molecule has 1 aliphatic carbocycles. The Balaban J connectivity index is 1.58. The number of carbonyl (C=O) groups excluding carboxylic acids is 1. The molecule has 4 rings (SSSR count). The molecule has 1 atom stereocenters. The van der Waals surface area contributed by atoms with Crippen molar-refractivity contribution in [3.63, 3.8) is 0 Å². The molecule has 8 heteroatoms. The third-order valence-electron chi connectivity index (χ3n) is 5.40. The SMILES string of the molecule is C[C@H](Sc1nnc2sc3ccccc3n12)C(=O)N(C)C1(C#N)CCCCC1. The number of nitriles is 1. The molecule has 2 heterocycles. The van der Waals surface area contributed by atoms with E-state index in [4.69, 9.17) is 0 Å². The van der Waals surface area contributed by atoms with Crippen LogP contribution in [-0.2, 0) is 4.79 Å². The number of benzene rings is 1. The van der Waals surface area contributed by atoms with E-state index in [0.29, 0.717) is 5.16 Å². The van der Waals surface area contributed by atoms with Crippen LogP contribution in [0.2, 0.25) is 0 Å². The summed E-state index contributed by atoms with van der Waals surface area (Å²) in [7, 11) is 1.77. The first-order valence-corrected chi connectivity index (χ1v) is 10.8. The molecule has 0 bridgehead atoms. The molecule has 0 N–H and O–H groups in total. The van der Waals surface area contributed by atoms with Crippen molar-refractivity contribution in [1.29, 1.82) is 5.26 Å². The van der Waals surface area contributed by atoms with E-state index in [-0.39, 0.29) is 11.2 Å². The van der Waals surface area contributed by atoms with E-state index in [0.717, 1.165) is 47.3 Å². The topological polar surface area (TPSA) is 74.3 Å². The highest BCUT2D eigenvalue weighted by Crippen LogP contribution is 2.35. The van der Waals surface area contributed by atoms with Crippen LogP contribution in [-0.4, -0.2) is 43.2 Å². The Labute approximate surface area is 166 Å². The van der Waals surface area contributed by atoms with E-state index >= 15 is 0 Å². The zero-order valence-electron chi connectivity index (χ0n) is 15.4. The highest BCUT2D eigenvalue weighted by molar-refractivity contribution is 8.00. The molecule has 0 radical (unpaired) electrons. The Bertz CT molecular complexity index is 1030. The van der Waals surface area contributed by atoms with Crippen LogP contribution < -0.4 is 0 Å². The van der Waals surface area contributed by atoms with Gasteiger partial charge in [-0.15, -0.1) is 10.2 Å². The van der Waals surface area contributed by atoms with E-state index in [2.05, 4.69) is 22.3 Å². The van der Waals surface area contributed by atoms with Gasteiger partial charge in [0.15, 0.2) is 5.16 Å². The van der Waals surface area contributed by atoms with Gasteiger partial charge in [-0.1, -0.05) is 54.5 Å². The maximum absolute atomic E-state index is 13.1. The zero-order chi connectivity index (χ0) is 19.0. The first-order chi connectivity index (χ1) is 13.1. The van der Waals surface area contributed by atoms with Gasteiger partial charge in [0, 0.05) is 7.05 Å². The van der Waals surface area contributed by atoms with E-state index in [1.54, 1.807) is 23.3 Å². The molecule has 3 aromatic rings. The fraction of sp³-hybridized carbons (Fsp3) is 0.474. The second-order valence-electron chi connectivity index (χ2n) is 7.03. The number of thioether (sulfide) groups is 1. The molecule has 1 amide bonds. The average Bonchev–Trinajstić information content (AvgIpc) is 3.27. The maximum Gasteiger partial charge on any atom is 0.236 e. The average molecular weight is 400 g/mol. The van der Waals surface area contributed by atoms with Crippen LogP contribution in [0.5, 0.6) is 0 Å². The molecule has 2 aromatic heterocycles. The summed E-state index contributed by atoms with van der Waals surface area (Å²) in [6.45, 7) is 1.88. The number of aromatic nitrogens is 3. The quantitative estimate of drug-likeness (QED) is 0.617. The van der Waals surface area contributed by atoms with Crippen LogP contribution >= 0.6 is 23.1 Å². The smallest absolute Gasteiger partial charge is 0.236 e. The Morgan fingerprint density at radius 2 is 2.07 bits per heavy atom. The summed E-state index contributed by atoms with van der Waals surface area (Å²) in [4.78, 5) is 15.6. The Hall–Kier alpha value is -2.11. The second kappa shape index (κ2) is 7.13. The molecule has 0 saturated heterocycles. The van der Waals surface area contributed by atoms with Crippen LogP contribution in [0, 0.1) is 11.3 Å². The lowest BCUT2D eigenvalue weighted by Crippen LogP contribution is -2.52. The van der Waals surface area contributed by atoms with Crippen LogP contribution in [0.15, 0.2) is 29.4 Å². The number of rotatable bonds is 4. The number of carbonyl (C=O) groups is 1. The number of fused-ring (bicyclic) bond motifs is 3. The maximum atomic E-state index is 13.1. The number of thiazole rings is 1. The molecule has 0 spiro atoms. The van der Waals surface area contributed by atoms with Crippen molar-refractivity contribution >= 4 is 44.2 Å². The zero-order valence-corrected chi connectivity index (χ0v) is 17.0. The van der Waals surface area contributed by atoms with Gasteiger partial charge >= 0.3 is 0 Å². The molecule has 6 nitrogen and oxygen atoms in total. The molecule has 1 aliphatic rings. The fourth-order valence-electron chi connectivity index (χ4n) is 3.78. The number of hydrogen-bond donors (Lipinski definition) is 0. The largest absolute Gasteiger partial charge is 0.326 e. The molecule has 140 valence electrons. The number of nitrogens with zero attached hydrogens (tertiary/aromatic N) is 5. The molecule has 1 fully saturated rings. The van der Waals surface area contributed by atoms with Gasteiger partial charge in [-0.25, -0.2) is 0 Å². The van der Waals surface area contributed by atoms with Crippen molar-refractivity contribution in [2.24, 2.45) is 0 Å². The van der Waals surface area contributed by atoms with Gasteiger partial charge in [0.05, 0.1) is 21.5 Å². The lowest BCUT2D eigenvalue weighted by atomic mass is 9.81. The molecule has 0 unspecified atom stereocenters. The number of amides is 1.